The first-order valence-corrected chi connectivity index (χ1v) is 11.8. The number of nitrogens with zero attached hydrogens (tertiary/aromatic N) is 1. The van der Waals surface area contributed by atoms with Crippen LogP contribution in [-0.2, 0) is 6.61 Å². The van der Waals surface area contributed by atoms with Gasteiger partial charge in [-0.2, -0.15) is 0 Å². The highest BCUT2D eigenvalue weighted by Gasteiger charge is 2.42. The average Bonchev–Trinajstić information content (AvgIpc) is 3.16. The summed E-state index contributed by atoms with van der Waals surface area (Å²) >= 11 is 0. The van der Waals surface area contributed by atoms with E-state index in [1.807, 2.05) is 74.5 Å². The molecule has 0 fully saturated rings. The molecule has 5 rings (SSSR count). The molecule has 6 heteroatoms. The van der Waals surface area contributed by atoms with E-state index in [2.05, 4.69) is 6.58 Å². The SMILES string of the molecule is C=CCN1C(=O)c2oc3c(C)cc(C)cc3c(=O)c2C1c1ccc(OCc2ccccc2)c(OC)c1. The number of methoxy groups -OCH3 is 1. The highest BCUT2D eigenvalue weighted by molar-refractivity contribution is 5.99. The van der Waals surface area contributed by atoms with E-state index >= 15 is 0 Å². The molecule has 2 heterocycles. The van der Waals surface area contributed by atoms with Gasteiger partial charge in [-0.05, 0) is 54.3 Å². The van der Waals surface area contributed by atoms with Crippen LogP contribution in [0, 0.1) is 13.8 Å². The summed E-state index contributed by atoms with van der Waals surface area (Å²) in [4.78, 5) is 28.8. The van der Waals surface area contributed by atoms with Crippen LogP contribution >= 0.6 is 0 Å². The lowest BCUT2D eigenvalue weighted by Gasteiger charge is -2.24. The molecule has 36 heavy (non-hydrogen) atoms. The number of ether oxygens (including phenoxy) is 2. The average molecular weight is 482 g/mol. The van der Waals surface area contributed by atoms with E-state index in [4.69, 9.17) is 13.9 Å². The molecule has 182 valence electrons. The summed E-state index contributed by atoms with van der Waals surface area (Å²) in [6.45, 7) is 8.27. The van der Waals surface area contributed by atoms with E-state index in [-0.39, 0.29) is 23.6 Å². The summed E-state index contributed by atoms with van der Waals surface area (Å²) in [6, 6.07) is 18.4. The van der Waals surface area contributed by atoms with E-state index in [9.17, 15) is 9.59 Å². The van der Waals surface area contributed by atoms with Crippen LogP contribution < -0.4 is 14.9 Å². The molecule has 0 saturated carbocycles. The minimum atomic E-state index is -0.635. The molecule has 0 bridgehead atoms. The molecule has 0 saturated heterocycles. The van der Waals surface area contributed by atoms with Gasteiger partial charge in [-0.25, -0.2) is 0 Å². The van der Waals surface area contributed by atoms with Gasteiger partial charge in [0.2, 0.25) is 5.76 Å². The van der Waals surface area contributed by atoms with Crippen molar-refractivity contribution in [2.75, 3.05) is 13.7 Å². The lowest BCUT2D eigenvalue weighted by atomic mass is 9.97. The number of rotatable bonds is 7. The fraction of sp³-hybridized carbons (Fsp3) is 0.200. The molecule has 1 aliphatic rings. The Balaban J connectivity index is 1.61. The van der Waals surface area contributed by atoms with Crippen molar-refractivity contribution in [3.63, 3.8) is 0 Å². The Labute approximate surface area is 209 Å². The Kier molecular flexibility index (Phi) is 6.10. The zero-order valence-corrected chi connectivity index (χ0v) is 20.5. The van der Waals surface area contributed by atoms with Crippen molar-refractivity contribution >= 4 is 16.9 Å². The number of amides is 1. The van der Waals surface area contributed by atoms with Crippen LogP contribution in [0.15, 0.2) is 82.5 Å². The largest absolute Gasteiger partial charge is 0.493 e. The van der Waals surface area contributed by atoms with Crippen LogP contribution in [0.4, 0.5) is 0 Å². The number of hydrogen-bond donors (Lipinski definition) is 0. The number of fused-ring (bicyclic) bond motifs is 2. The summed E-state index contributed by atoms with van der Waals surface area (Å²) in [5.74, 6) is 0.827. The Morgan fingerprint density at radius 2 is 1.81 bits per heavy atom. The van der Waals surface area contributed by atoms with Crippen molar-refractivity contribution < 1.29 is 18.7 Å². The van der Waals surface area contributed by atoms with E-state index in [0.717, 1.165) is 22.3 Å². The third-order valence-electron chi connectivity index (χ3n) is 6.46. The maximum absolute atomic E-state index is 13.8. The van der Waals surface area contributed by atoms with E-state index < -0.39 is 6.04 Å². The van der Waals surface area contributed by atoms with Crippen molar-refractivity contribution in [1.82, 2.24) is 4.90 Å². The molecule has 0 spiro atoms. The normalized spacial score (nSPS) is 14.7. The number of aryl methyl sites for hydroxylation is 2. The third kappa shape index (κ3) is 3.94. The molecule has 0 N–H and O–H groups in total. The van der Waals surface area contributed by atoms with Gasteiger partial charge >= 0.3 is 0 Å². The summed E-state index contributed by atoms with van der Waals surface area (Å²) in [5.41, 5.74) is 4.11. The highest BCUT2D eigenvalue weighted by Crippen LogP contribution is 2.41. The second-order valence-corrected chi connectivity index (χ2v) is 8.97. The topological polar surface area (TPSA) is 69.0 Å². The van der Waals surface area contributed by atoms with Gasteiger partial charge in [0, 0.05) is 6.54 Å². The third-order valence-corrected chi connectivity index (χ3v) is 6.46. The Morgan fingerprint density at radius 1 is 1.03 bits per heavy atom. The van der Waals surface area contributed by atoms with Gasteiger partial charge in [0.1, 0.15) is 12.2 Å². The zero-order chi connectivity index (χ0) is 25.4. The van der Waals surface area contributed by atoms with Crippen molar-refractivity contribution in [2.24, 2.45) is 0 Å². The molecule has 6 nitrogen and oxygen atoms in total. The van der Waals surface area contributed by atoms with Crippen LogP contribution in [0.25, 0.3) is 11.0 Å². The maximum atomic E-state index is 13.8. The Morgan fingerprint density at radius 3 is 2.53 bits per heavy atom. The van der Waals surface area contributed by atoms with Crippen molar-refractivity contribution in [3.05, 3.63) is 117 Å². The van der Waals surface area contributed by atoms with Gasteiger partial charge in [-0.15, -0.1) is 6.58 Å². The van der Waals surface area contributed by atoms with Gasteiger partial charge < -0.3 is 18.8 Å². The van der Waals surface area contributed by atoms with E-state index in [1.54, 1.807) is 18.1 Å². The molecule has 1 atom stereocenters. The minimum Gasteiger partial charge on any atom is -0.493 e. The number of benzene rings is 3. The smallest absolute Gasteiger partial charge is 0.291 e. The van der Waals surface area contributed by atoms with Crippen LogP contribution in [-0.4, -0.2) is 24.5 Å². The van der Waals surface area contributed by atoms with Crippen molar-refractivity contribution in [3.8, 4) is 11.5 Å². The predicted octanol–water partition coefficient (Wildman–Crippen LogP) is 5.73. The van der Waals surface area contributed by atoms with Gasteiger partial charge in [0.15, 0.2) is 16.9 Å². The number of hydrogen-bond acceptors (Lipinski definition) is 5. The monoisotopic (exact) mass is 481 g/mol. The Bertz CT molecular complexity index is 1540. The Hall–Kier alpha value is -4.32. The molecule has 1 unspecified atom stereocenters. The predicted molar refractivity (Wildman–Crippen MR) is 139 cm³/mol. The first kappa shape index (κ1) is 23.4. The molecule has 3 aromatic carbocycles. The molecule has 1 amide bonds. The number of carbonyl (C=O) groups is 1. The van der Waals surface area contributed by atoms with Gasteiger partial charge in [0.05, 0.1) is 24.1 Å². The van der Waals surface area contributed by atoms with Gasteiger partial charge in [-0.3, -0.25) is 9.59 Å². The molecule has 1 aliphatic heterocycles. The van der Waals surface area contributed by atoms with Gasteiger partial charge in [-0.1, -0.05) is 48.5 Å². The molecule has 4 aromatic rings. The molecule has 0 aliphatic carbocycles. The maximum Gasteiger partial charge on any atom is 0.291 e. The summed E-state index contributed by atoms with van der Waals surface area (Å²) in [5, 5.41) is 0.472. The van der Waals surface area contributed by atoms with Crippen LogP contribution in [0.5, 0.6) is 11.5 Å². The van der Waals surface area contributed by atoms with E-state index in [0.29, 0.717) is 34.6 Å². The fourth-order valence-corrected chi connectivity index (χ4v) is 4.86. The molecular formula is C30H27NO5. The minimum absolute atomic E-state index is 0.0784. The highest BCUT2D eigenvalue weighted by atomic mass is 16.5. The summed E-state index contributed by atoms with van der Waals surface area (Å²) in [7, 11) is 1.57. The first-order valence-electron chi connectivity index (χ1n) is 11.8. The van der Waals surface area contributed by atoms with Crippen molar-refractivity contribution in [1.29, 1.82) is 0 Å². The molecular weight excluding hydrogens is 454 g/mol. The van der Waals surface area contributed by atoms with Crippen LogP contribution in [0.1, 0.15) is 44.4 Å². The lowest BCUT2D eigenvalue weighted by molar-refractivity contribution is 0.0748. The quantitative estimate of drug-likeness (QED) is 0.316. The van der Waals surface area contributed by atoms with Gasteiger partial charge in [0.25, 0.3) is 5.91 Å². The number of carbonyl (C=O) groups excluding carboxylic acids is 1. The second kappa shape index (κ2) is 9.38. The lowest BCUT2D eigenvalue weighted by Crippen LogP contribution is -2.29. The zero-order valence-electron chi connectivity index (χ0n) is 20.5. The second-order valence-electron chi connectivity index (χ2n) is 8.97. The fourth-order valence-electron chi connectivity index (χ4n) is 4.86. The van der Waals surface area contributed by atoms with Crippen LogP contribution in [0.2, 0.25) is 0 Å². The standard InChI is InChI=1S/C30H27NO5/c1-5-13-31-26(21-11-12-23(24(16-21)34-4)35-17-20-9-7-6-8-10-20)25-27(32)22-15-18(2)14-19(3)28(22)36-29(25)30(31)33/h5-12,14-16,26H,1,13,17H2,2-4H3. The van der Waals surface area contributed by atoms with E-state index in [1.165, 1.54) is 0 Å². The summed E-state index contributed by atoms with van der Waals surface area (Å²) in [6.07, 6.45) is 1.64. The summed E-state index contributed by atoms with van der Waals surface area (Å²) < 4.78 is 17.7. The van der Waals surface area contributed by atoms with Crippen molar-refractivity contribution in [2.45, 2.75) is 26.5 Å². The first-order chi connectivity index (χ1) is 17.4. The molecule has 1 aromatic heterocycles. The molecule has 0 radical (unpaired) electrons. The van der Waals surface area contributed by atoms with Crippen LogP contribution in [0.3, 0.4) is 0 Å².